The quantitative estimate of drug-likeness (QED) is 0.0627. The van der Waals surface area contributed by atoms with Crippen molar-refractivity contribution >= 4 is 40.3 Å². The van der Waals surface area contributed by atoms with E-state index in [1.165, 1.54) is 28.4 Å². The van der Waals surface area contributed by atoms with Crippen molar-refractivity contribution in [1.82, 2.24) is 0 Å². The summed E-state index contributed by atoms with van der Waals surface area (Å²) < 4.78 is 23.1. The molecule has 0 fully saturated rings. The van der Waals surface area contributed by atoms with Crippen molar-refractivity contribution in [2.45, 2.75) is 49.9 Å². The Kier molecular flexibility index (Phi) is 17.6. The van der Waals surface area contributed by atoms with Gasteiger partial charge >= 0.3 is 38.2 Å². The number of rotatable bonds is 16. The van der Waals surface area contributed by atoms with E-state index in [0.29, 0.717) is 22.3 Å². The molecule has 4 aromatic carbocycles. The molecule has 51 heavy (non-hydrogen) atoms. The molecule has 0 saturated heterocycles. The molecule has 0 aliphatic rings. The van der Waals surface area contributed by atoms with E-state index >= 15 is 0 Å². The van der Waals surface area contributed by atoms with Crippen LogP contribution in [-0.2, 0) is 38.8 Å². The van der Waals surface area contributed by atoms with E-state index in [1.807, 2.05) is 52.0 Å². The molecule has 0 saturated carbocycles. The van der Waals surface area contributed by atoms with Crippen molar-refractivity contribution in [3.8, 4) is 0 Å². The van der Waals surface area contributed by atoms with E-state index in [0.717, 1.165) is 0 Å². The Balaban J connectivity index is 0.000000347. The minimum atomic E-state index is -3.14. The van der Waals surface area contributed by atoms with Gasteiger partial charge in [0.15, 0.2) is 23.1 Å². The van der Waals surface area contributed by atoms with Gasteiger partial charge in [0.2, 0.25) is 0 Å². The molecular formula is C40H48O8PtSi2+2. The zero-order valence-electron chi connectivity index (χ0n) is 30.4. The molecule has 0 N–H and O–H groups in total. The molecule has 0 aliphatic heterocycles. The first kappa shape index (κ1) is 43.7. The summed E-state index contributed by atoms with van der Waals surface area (Å²) in [7, 11) is -0.174. The van der Waals surface area contributed by atoms with Gasteiger partial charge in [-0.1, -0.05) is 149 Å². The van der Waals surface area contributed by atoms with E-state index in [-0.39, 0.29) is 55.3 Å². The first-order chi connectivity index (χ1) is 23.9. The molecule has 11 heteroatoms. The molecule has 272 valence electrons. The second-order valence-electron chi connectivity index (χ2n) is 12.4. The van der Waals surface area contributed by atoms with Crippen LogP contribution in [0.15, 0.2) is 121 Å². The standard InChI is InChI=1S/2C20H24O4Si.Pt/c2*1-15(2)25(23-3,24-4)20(18(21)16-11-7-5-8-12-16)19(22)17-13-9-6-10-14-17;/h2*5-15,20H,1-4H3;/q;;+2. The second kappa shape index (κ2) is 20.5. The number of hydrogen-bond donors (Lipinski definition) is 0. The molecule has 0 radical (unpaired) electrons. The van der Waals surface area contributed by atoms with Gasteiger partial charge < -0.3 is 17.7 Å². The Hall–Kier alpha value is -3.48. The van der Waals surface area contributed by atoms with Crippen LogP contribution in [0.1, 0.15) is 69.1 Å². The maximum absolute atomic E-state index is 13.3. The van der Waals surface area contributed by atoms with Crippen molar-refractivity contribution < 1.29 is 57.9 Å². The van der Waals surface area contributed by atoms with Gasteiger partial charge in [0.05, 0.1) is 0 Å². The number of benzene rings is 4. The maximum Gasteiger partial charge on any atom is 2.00 e. The number of ketones is 4. The third-order valence-corrected chi connectivity index (χ3v) is 17.4. The van der Waals surface area contributed by atoms with Crippen LogP contribution in [0.5, 0.6) is 0 Å². The predicted octanol–water partition coefficient (Wildman–Crippen LogP) is 8.53. The molecule has 0 aliphatic carbocycles. The topological polar surface area (TPSA) is 105 Å². The molecule has 4 rings (SSSR count). The molecule has 0 spiro atoms. The summed E-state index contributed by atoms with van der Waals surface area (Å²) in [6, 6.07) is 35.4. The minimum Gasteiger partial charge on any atom is -0.397 e. The van der Waals surface area contributed by atoms with Gasteiger partial charge in [-0.25, -0.2) is 0 Å². The van der Waals surface area contributed by atoms with Gasteiger partial charge in [-0.15, -0.1) is 0 Å². The molecule has 0 amide bonds. The second-order valence-corrected chi connectivity index (χ2v) is 20.3. The molecule has 0 aromatic heterocycles. The van der Waals surface area contributed by atoms with Crippen LogP contribution in [0.25, 0.3) is 0 Å². The van der Waals surface area contributed by atoms with Crippen LogP contribution in [-0.4, -0.2) is 68.7 Å². The van der Waals surface area contributed by atoms with E-state index in [2.05, 4.69) is 0 Å². The van der Waals surface area contributed by atoms with E-state index in [9.17, 15) is 19.2 Å². The molecule has 0 bridgehead atoms. The predicted molar refractivity (Wildman–Crippen MR) is 200 cm³/mol. The van der Waals surface area contributed by atoms with Crippen LogP contribution in [0.2, 0.25) is 22.2 Å². The zero-order valence-corrected chi connectivity index (χ0v) is 34.7. The SMILES string of the molecule is CO[Si](OC)(C(C)C)C(C(=O)c1ccccc1)C(=O)c1ccccc1.CO[Si](OC)(C(C)C)C(C(=O)c1ccccc1)C(=O)c1ccccc1.[Pt+2]. The number of Topliss-reactive ketones (excluding diaryl/α,β-unsaturated/α-hetero) is 4. The average molecular weight is 908 g/mol. The zero-order chi connectivity index (χ0) is 36.9. The fraction of sp³-hybridized carbons (Fsp3) is 0.300. The summed E-state index contributed by atoms with van der Waals surface area (Å²) >= 11 is 0. The summed E-state index contributed by atoms with van der Waals surface area (Å²) in [5.74, 6) is -1.01. The van der Waals surface area contributed by atoms with Crippen LogP contribution in [0.4, 0.5) is 0 Å². The van der Waals surface area contributed by atoms with E-state index in [4.69, 9.17) is 17.7 Å². The molecule has 8 nitrogen and oxygen atoms in total. The van der Waals surface area contributed by atoms with E-state index < -0.39 is 28.2 Å². The van der Waals surface area contributed by atoms with Gasteiger partial charge in [-0.2, -0.15) is 0 Å². The number of carbonyl (C=O) groups is 4. The Morgan fingerprint density at radius 1 is 0.392 bits per heavy atom. The van der Waals surface area contributed by atoms with Crippen LogP contribution >= 0.6 is 0 Å². The third-order valence-electron chi connectivity index (χ3n) is 8.97. The number of hydrogen-bond acceptors (Lipinski definition) is 8. The van der Waals surface area contributed by atoms with Gasteiger partial charge in [-0.3, -0.25) is 19.2 Å². The normalized spacial score (nSPS) is 11.5. The third kappa shape index (κ3) is 9.90. The van der Waals surface area contributed by atoms with Crippen LogP contribution in [0, 0.1) is 0 Å². The Labute approximate surface area is 318 Å². The average Bonchev–Trinajstić information content (AvgIpc) is 3.16. The Morgan fingerprint density at radius 3 is 0.706 bits per heavy atom. The van der Waals surface area contributed by atoms with Gasteiger partial charge in [-0.05, 0) is 11.1 Å². The minimum absolute atomic E-state index is 0. The Bertz CT molecular complexity index is 1450. The summed E-state index contributed by atoms with van der Waals surface area (Å²) in [5, 5.41) is 0. The summed E-state index contributed by atoms with van der Waals surface area (Å²) in [6.07, 6.45) is 0. The van der Waals surface area contributed by atoms with Gasteiger partial charge in [0.25, 0.3) is 0 Å². The van der Waals surface area contributed by atoms with E-state index in [1.54, 1.807) is 97.1 Å². The fourth-order valence-corrected chi connectivity index (χ4v) is 12.9. The molecule has 0 heterocycles. The van der Waals surface area contributed by atoms with Crippen LogP contribution in [0.3, 0.4) is 0 Å². The van der Waals surface area contributed by atoms with Crippen molar-refractivity contribution in [1.29, 1.82) is 0 Å². The molecule has 4 aromatic rings. The first-order valence-electron chi connectivity index (χ1n) is 16.5. The van der Waals surface area contributed by atoms with Crippen molar-refractivity contribution in [2.75, 3.05) is 28.4 Å². The summed E-state index contributed by atoms with van der Waals surface area (Å²) in [5.41, 5.74) is -0.126. The van der Waals surface area contributed by atoms with Crippen LogP contribution < -0.4 is 0 Å². The summed E-state index contributed by atoms with van der Waals surface area (Å²) in [6.45, 7) is 7.73. The molecule has 0 atom stereocenters. The Morgan fingerprint density at radius 2 is 0.569 bits per heavy atom. The van der Waals surface area contributed by atoms with Crippen molar-refractivity contribution in [3.63, 3.8) is 0 Å². The van der Waals surface area contributed by atoms with Crippen molar-refractivity contribution in [2.24, 2.45) is 0 Å². The van der Waals surface area contributed by atoms with Gasteiger partial charge in [0.1, 0.15) is 11.1 Å². The fourth-order valence-electron chi connectivity index (χ4n) is 6.29. The largest absolute Gasteiger partial charge is 2.00 e. The number of carbonyl (C=O) groups excluding carboxylic acids is 4. The maximum atomic E-state index is 13.3. The first-order valence-corrected chi connectivity index (χ1v) is 20.5. The monoisotopic (exact) mass is 907 g/mol. The smallest absolute Gasteiger partial charge is 0.397 e. The van der Waals surface area contributed by atoms with Gasteiger partial charge in [0, 0.05) is 50.7 Å². The molecule has 0 unspecified atom stereocenters. The summed E-state index contributed by atoms with van der Waals surface area (Å²) in [4.78, 5) is 53.1. The molecular weight excluding hydrogens is 860 g/mol. The van der Waals surface area contributed by atoms with Crippen molar-refractivity contribution in [3.05, 3.63) is 144 Å².